The first-order valence-corrected chi connectivity index (χ1v) is 5.53. The van der Waals surface area contributed by atoms with E-state index in [-0.39, 0.29) is 0 Å². The summed E-state index contributed by atoms with van der Waals surface area (Å²) in [6.07, 6.45) is 1.02. The molecule has 0 fully saturated rings. The Kier molecular flexibility index (Phi) is 4.30. The van der Waals surface area contributed by atoms with E-state index in [4.69, 9.17) is 4.74 Å². The lowest BCUT2D eigenvalue weighted by Gasteiger charge is -2.19. The minimum atomic E-state index is -0.582. The Morgan fingerprint density at radius 3 is 2.61 bits per heavy atom. The molecule has 0 unspecified atom stereocenters. The van der Waals surface area contributed by atoms with Gasteiger partial charge in [-0.1, -0.05) is 0 Å². The maximum absolute atomic E-state index is 11.4. The molecule has 7 heteroatoms. The first kappa shape index (κ1) is 14.0. The molecule has 0 saturated heterocycles. The van der Waals surface area contributed by atoms with Crippen molar-refractivity contribution in [1.82, 2.24) is 15.4 Å². The number of rotatable bonds is 3. The molecule has 0 radical (unpaired) electrons. The minimum Gasteiger partial charge on any atom is -0.443 e. The molecule has 7 nitrogen and oxygen atoms in total. The fourth-order valence-electron chi connectivity index (χ4n) is 1.07. The molecule has 1 rings (SSSR count). The van der Waals surface area contributed by atoms with E-state index in [0.717, 1.165) is 5.82 Å². The third-order valence-corrected chi connectivity index (χ3v) is 1.77. The molecule has 1 aromatic heterocycles. The van der Waals surface area contributed by atoms with Crippen LogP contribution in [0.4, 0.5) is 16.6 Å². The van der Waals surface area contributed by atoms with Gasteiger partial charge in [0.1, 0.15) is 11.4 Å². The number of anilines is 2. The van der Waals surface area contributed by atoms with Crippen LogP contribution in [0.3, 0.4) is 0 Å². The third-order valence-electron chi connectivity index (χ3n) is 1.77. The molecule has 18 heavy (non-hydrogen) atoms. The summed E-state index contributed by atoms with van der Waals surface area (Å²) in [7, 11) is 3.74. The molecular weight excluding hydrogens is 234 g/mol. The van der Waals surface area contributed by atoms with Crippen molar-refractivity contribution in [1.29, 1.82) is 0 Å². The van der Waals surface area contributed by atoms with Gasteiger partial charge in [0.2, 0.25) is 5.95 Å². The summed E-state index contributed by atoms with van der Waals surface area (Å²) < 4.78 is 5.06. The molecule has 0 spiro atoms. The number of carbonyl (C=O) groups is 1. The highest BCUT2D eigenvalue weighted by atomic mass is 16.6. The highest BCUT2D eigenvalue weighted by molar-refractivity contribution is 5.69. The Morgan fingerprint density at radius 2 is 2.06 bits per heavy atom. The van der Waals surface area contributed by atoms with Crippen LogP contribution in [0.5, 0.6) is 0 Å². The molecule has 0 bridgehead atoms. The number of hydrogen-bond acceptors (Lipinski definition) is 6. The summed E-state index contributed by atoms with van der Waals surface area (Å²) in [6, 6.07) is 1.76. The highest BCUT2D eigenvalue weighted by Gasteiger charge is 2.15. The van der Waals surface area contributed by atoms with Crippen molar-refractivity contribution in [3.63, 3.8) is 0 Å². The Balaban J connectivity index is 2.53. The summed E-state index contributed by atoms with van der Waals surface area (Å²) in [5, 5.41) is 0. The van der Waals surface area contributed by atoms with Gasteiger partial charge in [0.15, 0.2) is 0 Å². The van der Waals surface area contributed by atoms with Gasteiger partial charge < -0.3 is 9.64 Å². The van der Waals surface area contributed by atoms with Crippen LogP contribution in [0.2, 0.25) is 0 Å². The van der Waals surface area contributed by atoms with E-state index >= 15 is 0 Å². The molecule has 2 N–H and O–H groups in total. The van der Waals surface area contributed by atoms with Gasteiger partial charge in [-0.25, -0.2) is 15.2 Å². The molecule has 0 saturated carbocycles. The molecule has 1 amide bonds. The number of nitrogens with one attached hydrogen (secondary N) is 2. The van der Waals surface area contributed by atoms with Gasteiger partial charge in [0, 0.05) is 20.3 Å². The SMILES string of the molecule is CN(C)c1ccnc(NNC(=O)OC(C)(C)C)n1. The molecule has 0 aliphatic rings. The quantitative estimate of drug-likeness (QED) is 0.793. The molecule has 0 aromatic carbocycles. The van der Waals surface area contributed by atoms with Gasteiger partial charge in [0.25, 0.3) is 0 Å². The van der Waals surface area contributed by atoms with Crippen molar-refractivity contribution in [2.75, 3.05) is 24.4 Å². The Bertz CT molecular complexity index is 414. The van der Waals surface area contributed by atoms with Crippen LogP contribution in [0.25, 0.3) is 0 Å². The standard InChI is InChI=1S/C11H19N5O2/c1-11(2,3)18-10(17)15-14-9-12-7-6-8(13-9)16(4)5/h6-7H,1-5H3,(H,15,17)(H,12,13,14). The second-order valence-corrected chi connectivity index (χ2v) is 4.88. The second-order valence-electron chi connectivity index (χ2n) is 4.88. The maximum Gasteiger partial charge on any atom is 0.426 e. The molecule has 0 aliphatic heterocycles. The summed E-state index contributed by atoms with van der Waals surface area (Å²) in [5.41, 5.74) is 4.41. The largest absolute Gasteiger partial charge is 0.443 e. The van der Waals surface area contributed by atoms with E-state index in [1.165, 1.54) is 0 Å². The van der Waals surface area contributed by atoms with Crippen molar-refractivity contribution in [2.45, 2.75) is 26.4 Å². The van der Waals surface area contributed by atoms with Gasteiger partial charge in [-0.2, -0.15) is 4.98 Å². The fourth-order valence-corrected chi connectivity index (χ4v) is 1.07. The van der Waals surface area contributed by atoms with Crippen LogP contribution in [0.1, 0.15) is 20.8 Å². The van der Waals surface area contributed by atoms with Crippen LogP contribution in [-0.2, 0) is 4.74 Å². The lowest BCUT2D eigenvalue weighted by Crippen LogP contribution is -2.36. The van der Waals surface area contributed by atoms with Gasteiger partial charge in [-0.15, -0.1) is 0 Å². The number of carbonyl (C=O) groups excluding carboxylic acids is 1. The normalized spacial score (nSPS) is 10.7. The first-order valence-electron chi connectivity index (χ1n) is 5.53. The van der Waals surface area contributed by atoms with Crippen molar-refractivity contribution >= 4 is 17.9 Å². The second kappa shape index (κ2) is 5.52. The number of hydrogen-bond donors (Lipinski definition) is 2. The molecule has 1 aromatic rings. The van der Waals surface area contributed by atoms with Gasteiger partial charge in [-0.3, -0.25) is 5.43 Å². The zero-order valence-electron chi connectivity index (χ0n) is 11.3. The minimum absolute atomic E-state index is 0.298. The number of hydrazine groups is 1. The lowest BCUT2D eigenvalue weighted by atomic mass is 10.2. The van der Waals surface area contributed by atoms with Crippen LogP contribution < -0.4 is 15.8 Å². The Morgan fingerprint density at radius 1 is 1.39 bits per heavy atom. The van der Waals surface area contributed by atoms with Crippen LogP contribution in [0, 0.1) is 0 Å². The van der Waals surface area contributed by atoms with E-state index in [2.05, 4.69) is 20.8 Å². The molecule has 0 aliphatic carbocycles. The maximum atomic E-state index is 11.4. The number of amides is 1. The molecule has 0 atom stereocenters. The lowest BCUT2D eigenvalue weighted by molar-refractivity contribution is 0.0540. The van der Waals surface area contributed by atoms with Crippen LogP contribution in [-0.4, -0.2) is 35.8 Å². The predicted molar refractivity (Wildman–Crippen MR) is 69.4 cm³/mol. The zero-order valence-corrected chi connectivity index (χ0v) is 11.3. The summed E-state index contributed by atoms with van der Waals surface area (Å²) in [4.78, 5) is 21.4. The van der Waals surface area contributed by atoms with E-state index in [1.54, 1.807) is 33.0 Å². The summed E-state index contributed by atoms with van der Waals surface area (Å²) in [5.74, 6) is 1.03. The Hall–Kier alpha value is -2.05. The van der Waals surface area contributed by atoms with E-state index in [9.17, 15) is 4.79 Å². The molecule has 100 valence electrons. The van der Waals surface area contributed by atoms with Crippen LogP contribution in [0.15, 0.2) is 12.3 Å². The van der Waals surface area contributed by atoms with Crippen molar-refractivity contribution in [3.8, 4) is 0 Å². The summed E-state index contributed by atoms with van der Waals surface area (Å²) >= 11 is 0. The average Bonchev–Trinajstić information content (AvgIpc) is 2.24. The zero-order chi connectivity index (χ0) is 13.8. The highest BCUT2D eigenvalue weighted by Crippen LogP contribution is 2.08. The fraction of sp³-hybridized carbons (Fsp3) is 0.545. The average molecular weight is 253 g/mol. The van der Waals surface area contributed by atoms with E-state index < -0.39 is 11.7 Å². The van der Waals surface area contributed by atoms with Crippen molar-refractivity contribution in [2.24, 2.45) is 0 Å². The van der Waals surface area contributed by atoms with Crippen molar-refractivity contribution < 1.29 is 9.53 Å². The number of nitrogens with zero attached hydrogens (tertiary/aromatic N) is 3. The first-order chi connectivity index (χ1) is 8.28. The summed E-state index contributed by atoms with van der Waals surface area (Å²) in [6.45, 7) is 5.36. The van der Waals surface area contributed by atoms with Crippen LogP contribution >= 0.6 is 0 Å². The monoisotopic (exact) mass is 253 g/mol. The predicted octanol–water partition coefficient (Wildman–Crippen LogP) is 1.39. The number of aromatic nitrogens is 2. The smallest absolute Gasteiger partial charge is 0.426 e. The van der Waals surface area contributed by atoms with E-state index in [0.29, 0.717) is 5.95 Å². The van der Waals surface area contributed by atoms with E-state index in [1.807, 2.05) is 19.0 Å². The number of ether oxygens (including phenoxy) is 1. The van der Waals surface area contributed by atoms with Gasteiger partial charge in [0.05, 0.1) is 0 Å². The third kappa shape index (κ3) is 4.86. The van der Waals surface area contributed by atoms with Gasteiger partial charge in [-0.05, 0) is 26.8 Å². The topological polar surface area (TPSA) is 79.4 Å². The Labute approximate surface area is 107 Å². The molecule has 1 heterocycles. The van der Waals surface area contributed by atoms with Gasteiger partial charge >= 0.3 is 6.09 Å². The molecular formula is C11H19N5O2. The van der Waals surface area contributed by atoms with Crippen molar-refractivity contribution in [3.05, 3.63) is 12.3 Å².